The number of thiophene rings is 1. The SMILES string of the molecule is Cn1ccnc1C(NC(=O)c1ccc(NS(=O)(=O)c2cccs2)cc1)c1ccccc1F. The Morgan fingerprint density at radius 2 is 1.84 bits per heavy atom. The lowest BCUT2D eigenvalue weighted by Gasteiger charge is -2.20. The molecule has 1 amide bonds. The summed E-state index contributed by atoms with van der Waals surface area (Å²) in [4.78, 5) is 17.2. The van der Waals surface area contributed by atoms with E-state index in [2.05, 4.69) is 15.0 Å². The number of amides is 1. The van der Waals surface area contributed by atoms with E-state index in [-0.39, 0.29) is 9.77 Å². The van der Waals surface area contributed by atoms with Gasteiger partial charge in [-0.25, -0.2) is 17.8 Å². The summed E-state index contributed by atoms with van der Waals surface area (Å²) in [6.07, 6.45) is 3.29. The second-order valence-corrected chi connectivity index (χ2v) is 9.80. The molecule has 0 saturated heterocycles. The standard InChI is InChI=1S/C22H19FN4O3S2/c1-27-13-12-24-21(27)20(17-5-2-3-6-18(17)23)25-22(28)15-8-10-16(11-9-15)26-32(29,30)19-7-4-14-31-19/h2-14,20,26H,1H3,(H,25,28). The molecule has 32 heavy (non-hydrogen) atoms. The lowest BCUT2D eigenvalue weighted by molar-refractivity contribution is 0.0940. The number of benzene rings is 2. The molecule has 1 unspecified atom stereocenters. The van der Waals surface area contributed by atoms with Gasteiger partial charge in [0.25, 0.3) is 15.9 Å². The van der Waals surface area contributed by atoms with Gasteiger partial charge in [0.05, 0.1) is 0 Å². The van der Waals surface area contributed by atoms with Gasteiger partial charge in [0, 0.05) is 36.3 Å². The summed E-state index contributed by atoms with van der Waals surface area (Å²) in [5.74, 6) is -0.433. The Morgan fingerprint density at radius 1 is 1.09 bits per heavy atom. The zero-order chi connectivity index (χ0) is 22.7. The van der Waals surface area contributed by atoms with E-state index in [4.69, 9.17) is 0 Å². The molecule has 0 fully saturated rings. The Labute approximate surface area is 188 Å². The first-order valence-electron chi connectivity index (χ1n) is 9.54. The topological polar surface area (TPSA) is 93.1 Å². The number of aromatic nitrogens is 2. The summed E-state index contributed by atoms with van der Waals surface area (Å²) in [5, 5.41) is 4.50. The molecule has 164 valence electrons. The van der Waals surface area contributed by atoms with Crippen molar-refractivity contribution in [1.82, 2.24) is 14.9 Å². The van der Waals surface area contributed by atoms with Gasteiger partial charge in [-0.3, -0.25) is 9.52 Å². The number of sulfonamides is 1. The van der Waals surface area contributed by atoms with Crippen molar-refractivity contribution in [1.29, 1.82) is 0 Å². The number of carbonyl (C=O) groups is 1. The second kappa shape index (κ2) is 8.93. The number of imidazole rings is 1. The number of hydrogen-bond acceptors (Lipinski definition) is 5. The largest absolute Gasteiger partial charge is 0.338 e. The molecule has 0 saturated carbocycles. The van der Waals surface area contributed by atoms with Crippen LogP contribution in [0, 0.1) is 5.82 Å². The molecule has 0 aliphatic heterocycles. The molecule has 2 N–H and O–H groups in total. The van der Waals surface area contributed by atoms with Gasteiger partial charge in [-0.05, 0) is 41.8 Å². The molecule has 2 heterocycles. The Morgan fingerprint density at radius 3 is 2.47 bits per heavy atom. The number of rotatable bonds is 7. The highest BCUT2D eigenvalue weighted by atomic mass is 32.2. The van der Waals surface area contributed by atoms with E-state index >= 15 is 0 Å². The van der Waals surface area contributed by atoms with Crippen molar-refractivity contribution >= 4 is 33.0 Å². The predicted molar refractivity (Wildman–Crippen MR) is 120 cm³/mol. The minimum atomic E-state index is -3.68. The number of aryl methyl sites for hydroxylation is 1. The van der Waals surface area contributed by atoms with Crippen LogP contribution in [-0.2, 0) is 17.1 Å². The fourth-order valence-electron chi connectivity index (χ4n) is 3.17. The summed E-state index contributed by atoms with van der Waals surface area (Å²) in [6, 6.07) is 14.5. The summed E-state index contributed by atoms with van der Waals surface area (Å²) in [7, 11) is -1.92. The number of carbonyl (C=O) groups excluding carboxylic acids is 1. The molecule has 7 nitrogen and oxygen atoms in total. The third kappa shape index (κ3) is 4.56. The van der Waals surface area contributed by atoms with Gasteiger partial charge in [0.1, 0.15) is 21.9 Å². The first-order valence-corrected chi connectivity index (χ1v) is 11.9. The number of anilines is 1. The maximum absolute atomic E-state index is 14.5. The molecule has 0 aliphatic rings. The number of halogens is 1. The highest BCUT2D eigenvalue weighted by Gasteiger charge is 2.24. The van der Waals surface area contributed by atoms with Crippen LogP contribution in [0.1, 0.15) is 27.8 Å². The second-order valence-electron chi connectivity index (χ2n) is 6.94. The Kier molecular flexibility index (Phi) is 6.06. The van der Waals surface area contributed by atoms with E-state index in [0.717, 1.165) is 11.3 Å². The maximum Gasteiger partial charge on any atom is 0.271 e. The minimum Gasteiger partial charge on any atom is -0.338 e. The van der Waals surface area contributed by atoms with Crippen LogP contribution in [0.15, 0.2) is 82.6 Å². The van der Waals surface area contributed by atoms with Gasteiger partial charge in [-0.2, -0.15) is 0 Å². The van der Waals surface area contributed by atoms with Crippen LogP contribution in [0.4, 0.5) is 10.1 Å². The van der Waals surface area contributed by atoms with Crippen LogP contribution in [0.3, 0.4) is 0 Å². The third-order valence-corrected chi connectivity index (χ3v) is 7.55. The van der Waals surface area contributed by atoms with Crippen LogP contribution < -0.4 is 10.0 Å². The van der Waals surface area contributed by atoms with Gasteiger partial charge in [0.15, 0.2) is 0 Å². The molecule has 2 aromatic heterocycles. The van der Waals surface area contributed by atoms with Crippen molar-refractivity contribution in [2.45, 2.75) is 10.3 Å². The quantitative estimate of drug-likeness (QED) is 0.428. The van der Waals surface area contributed by atoms with Crippen molar-refractivity contribution in [3.63, 3.8) is 0 Å². The summed E-state index contributed by atoms with van der Waals surface area (Å²) in [6.45, 7) is 0. The van der Waals surface area contributed by atoms with Gasteiger partial charge >= 0.3 is 0 Å². The lowest BCUT2D eigenvalue weighted by Crippen LogP contribution is -2.31. The number of nitrogens with one attached hydrogen (secondary N) is 2. The fourth-order valence-corrected chi connectivity index (χ4v) is 5.22. The summed E-state index contributed by atoms with van der Waals surface area (Å²) >= 11 is 1.11. The van der Waals surface area contributed by atoms with Gasteiger partial charge in [-0.1, -0.05) is 24.3 Å². The average molecular weight is 471 g/mol. The molecule has 0 spiro atoms. The van der Waals surface area contributed by atoms with Crippen molar-refractivity contribution in [3.05, 3.63) is 101 Å². The van der Waals surface area contributed by atoms with Crippen molar-refractivity contribution in [3.8, 4) is 0 Å². The lowest BCUT2D eigenvalue weighted by atomic mass is 10.0. The molecule has 4 rings (SSSR count). The first-order chi connectivity index (χ1) is 15.3. The van der Waals surface area contributed by atoms with E-state index in [9.17, 15) is 17.6 Å². The Bertz CT molecular complexity index is 1330. The first kappa shape index (κ1) is 21.7. The van der Waals surface area contributed by atoms with Crippen LogP contribution >= 0.6 is 11.3 Å². The van der Waals surface area contributed by atoms with E-state index in [0.29, 0.717) is 17.1 Å². The van der Waals surface area contributed by atoms with Crippen molar-refractivity contribution < 1.29 is 17.6 Å². The Hall–Kier alpha value is -3.50. The third-order valence-electron chi connectivity index (χ3n) is 4.77. The van der Waals surface area contributed by atoms with Crippen LogP contribution in [0.5, 0.6) is 0 Å². The maximum atomic E-state index is 14.5. The fraction of sp³-hybridized carbons (Fsp3) is 0.0909. The molecule has 0 bridgehead atoms. The smallest absolute Gasteiger partial charge is 0.271 e. The van der Waals surface area contributed by atoms with Crippen molar-refractivity contribution in [2.24, 2.45) is 7.05 Å². The van der Waals surface area contributed by atoms with Crippen molar-refractivity contribution in [2.75, 3.05) is 4.72 Å². The number of hydrogen-bond donors (Lipinski definition) is 2. The highest BCUT2D eigenvalue weighted by molar-refractivity contribution is 7.94. The molecule has 1 atom stereocenters. The molecule has 10 heteroatoms. The predicted octanol–water partition coefficient (Wildman–Crippen LogP) is 3.94. The van der Waals surface area contributed by atoms with Crippen LogP contribution in [-0.4, -0.2) is 23.9 Å². The molecular formula is C22H19FN4O3S2. The summed E-state index contributed by atoms with van der Waals surface area (Å²) in [5.41, 5.74) is 0.903. The van der Waals surface area contributed by atoms with Crippen LogP contribution in [0.25, 0.3) is 0 Å². The van der Waals surface area contributed by atoms with Crippen LogP contribution in [0.2, 0.25) is 0 Å². The van der Waals surface area contributed by atoms with E-state index in [1.165, 1.54) is 36.4 Å². The van der Waals surface area contributed by atoms with E-state index in [1.54, 1.807) is 53.7 Å². The normalized spacial score (nSPS) is 12.3. The zero-order valence-electron chi connectivity index (χ0n) is 16.9. The molecule has 2 aromatic carbocycles. The van der Waals surface area contributed by atoms with Gasteiger partial charge < -0.3 is 9.88 Å². The number of nitrogens with zero attached hydrogens (tertiary/aromatic N) is 2. The van der Waals surface area contributed by atoms with E-state index < -0.39 is 27.8 Å². The monoisotopic (exact) mass is 470 g/mol. The highest BCUT2D eigenvalue weighted by Crippen LogP contribution is 2.24. The van der Waals surface area contributed by atoms with Gasteiger partial charge in [0.2, 0.25) is 0 Å². The van der Waals surface area contributed by atoms with Gasteiger partial charge in [-0.15, -0.1) is 11.3 Å². The molecule has 0 radical (unpaired) electrons. The average Bonchev–Trinajstić information content (AvgIpc) is 3.45. The molecule has 0 aliphatic carbocycles. The molecular weight excluding hydrogens is 451 g/mol. The Balaban J connectivity index is 1.55. The summed E-state index contributed by atoms with van der Waals surface area (Å²) < 4.78 is 43.6. The molecule has 4 aromatic rings. The zero-order valence-corrected chi connectivity index (χ0v) is 18.5. The minimum absolute atomic E-state index is 0.196. The van der Waals surface area contributed by atoms with E-state index in [1.807, 2.05) is 0 Å².